The number of nitrogens with one attached hydrogen (secondary N) is 3. The molecule has 0 radical (unpaired) electrons. The molecule has 29 heavy (non-hydrogen) atoms. The van der Waals surface area contributed by atoms with Crippen molar-refractivity contribution >= 4 is 29.1 Å². The Hall–Kier alpha value is -2.77. The molecule has 1 aromatic heterocycles. The first-order chi connectivity index (χ1) is 13.7. The fourth-order valence-corrected chi connectivity index (χ4v) is 3.80. The van der Waals surface area contributed by atoms with Gasteiger partial charge in [0.25, 0.3) is 0 Å². The lowest BCUT2D eigenvalue weighted by molar-refractivity contribution is -0.137. The Morgan fingerprint density at radius 3 is 2.72 bits per heavy atom. The lowest BCUT2D eigenvalue weighted by Gasteiger charge is -2.24. The number of nitrogens with zero attached hydrogens (tertiary/aromatic N) is 2. The van der Waals surface area contributed by atoms with E-state index in [1.54, 1.807) is 17.0 Å². The van der Waals surface area contributed by atoms with Crippen molar-refractivity contribution in [3.8, 4) is 0 Å². The van der Waals surface area contributed by atoms with Crippen molar-refractivity contribution in [1.29, 1.82) is 5.41 Å². The summed E-state index contributed by atoms with van der Waals surface area (Å²) in [4.78, 5) is 42.6. The molecule has 2 amide bonds. The highest BCUT2D eigenvalue weighted by atomic mass is 16.2. The molecule has 3 N–H and O–H groups in total. The number of hydrogen-bond acceptors (Lipinski definition) is 6. The number of aromatic nitrogens is 1. The SMILES string of the molecule is CC(=O)C(=N)c1cccnc1NCC(=O)N1CCC[C@H]1C(=O)NCC1CC1(C)C. The highest BCUT2D eigenvalue weighted by molar-refractivity contribution is 6.45. The van der Waals surface area contributed by atoms with E-state index in [-0.39, 0.29) is 29.9 Å². The minimum absolute atomic E-state index is 0.0470. The predicted molar refractivity (Wildman–Crippen MR) is 110 cm³/mol. The molecule has 1 aromatic rings. The Bertz CT molecular complexity index is 835. The van der Waals surface area contributed by atoms with E-state index in [1.165, 1.54) is 13.1 Å². The molecule has 2 heterocycles. The third kappa shape index (κ3) is 4.81. The van der Waals surface area contributed by atoms with Crippen LogP contribution in [0.3, 0.4) is 0 Å². The molecule has 156 valence electrons. The van der Waals surface area contributed by atoms with Crippen LogP contribution in [0, 0.1) is 16.7 Å². The number of amides is 2. The smallest absolute Gasteiger partial charge is 0.242 e. The van der Waals surface area contributed by atoms with Gasteiger partial charge in [0, 0.05) is 31.8 Å². The van der Waals surface area contributed by atoms with Crippen molar-refractivity contribution < 1.29 is 14.4 Å². The second-order valence-corrected chi connectivity index (χ2v) is 8.56. The molecule has 2 aliphatic rings. The summed E-state index contributed by atoms with van der Waals surface area (Å²) in [5.74, 6) is 0.174. The van der Waals surface area contributed by atoms with Crippen LogP contribution in [0.1, 0.15) is 45.6 Å². The van der Waals surface area contributed by atoms with E-state index in [1.807, 2.05) is 0 Å². The first-order valence-electron chi connectivity index (χ1n) is 10.1. The topological polar surface area (TPSA) is 115 Å². The Balaban J connectivity index is 1.57. The zero-order valence-corrected chi connectivity index (χ0v) is 17.2. The third-order valence-electron chi connectivity index (χ3n) is 5.95. The van der Waals surface area contributed by atoms with Crippen LogP contribution < -0.4 is 10.6 Å². The van der Waals surface area contributed by atoms with Gasteiger partial charge in [-0.3, -0.25) is 19.8 Å². The minimum Gasteiger partial charge on any atom is -0.360 e. The molecule has 0 bridgehead atoms. The molecule has 1 aliphatic heterocycles. The summed E-state index contributed by atoms with van der Waals surface area (Å²) in [6.07, 6.45) is 4.11. The molecule has 8 nitrogen and oxygen atoms in total. The predicted octanol–water partition coefficient (Wildman–Crippen LogP) is 1.60. The van der Waals surface area contributed by atoms with Crippen molar-refractivity contribution in [2.75, 3.05) is 25.0 Å². The monoisotopic (exact) mass is 399 g/mol. The van der Waals surface area contributed by atoms with Gasteiger partial charge in [0.05, 0.1) is 6.54 Å². The number of Topliss-reactive ketones (excluding diaryl/α,β-unsaturated/α-hetero) is 1. The van der Waals surface area contributed by atoms with Crippen molar-refractivity contribution in [1.82, 2.24) is 15.2 Å². The van der Waals surface area contributed by atoms with Crippen LogP contribution in [0.15, 0.2) is 18.3 Å². The zero-order valence-electron chi connectivity index (χ0n) is 17.2. The van der Waals surface area contributed by atoms with Crippen molar-refractivity contribution in [3.63, 3.8) is 0 Å². The number of likely N-dealkylation sites (tertiary alicyclic amines) is 1. The summed E-state index contributed by atoms with van der Waals surface area (Å²) in [6.45, 7) is 6.87. The van der Waals surface area contributed by atoms with Gasteiger partial charge >= 0.3 is 0 Å². The van der Waals surface area contributed by atoms with Gasteiger partial charge < -0.3 is 15.5 Å². The van der Waals surface area contributed by atoms with Gasteiger partial charge in [0.2, 0.25) is 11.8 Å². The van der Waals surface area contributed by atoms with Crippen LogP contribution >= 0.6 is 0 Å². The highest BCUT2D eigenvalue weighted by Crippen LogP contribution is 2.51. The van der Waals surface area contributed by atoms with E-state index in [0.29, 0.717) is 42.2 Å². The first kappa shape index (κ1) is 21.0. The second-order valence-electron chi connectivity index (χ2n) is 8.56. The number of ketones is 1. The van der Waals surface area contributed by atoms with E-state index in [9.17, 15) is 14.4 Å². The molecule has 0 aromatic carbocycles. The lowest BCUT2D eigenvalue weighted by atomic mass is 10.1. The Morgan fingerprint density at radius 2 is 2.07 bits per heavy atom. The van der Waals surface area contributed by atoms with Gasteiger partial charge in [0.15, 0.2) is 5.78 Å². The van der Waals surface area contributed by atoms with Crippen LogP contribution in [0.25, 0.3) is 0 Å². The number of rotatable bonds is 8. The fraction of sp³-hybridized carbons (Fsp3) is 0.571. The molecule has 2 fully saturated rings. The van der Waals surface area contributed by atoms with E-state index < -0.39 is 6.04 Å². The zero-order chi connectivity index (χ0) is 21.2. The van der Waals surface area contributed by atoms with E-state index >= 15 is 0 Å². The molecule has 2 atom stereocenters. The first-order valence-corrected chi connectivity index (χ1v) is 10.1. The van der Waals surface area contributed by atoms with E-state index in [4.69, 9.17) is 5.41 Å². The average Bonchev–Trinajstić information content (AvgIpc) is 3.07. The second kappa shape index (κ2) is 8.31. The summed E-state index contributed by atoms with van der Waals surface area (Å²) in [7, 11) is 0. The standard InChI is InChI=1S/C21H29N5O3/c1-13(27)18(22)15-6-4-8-23-19(15)24-12-17(28)26-9-5-7-16(26)20(29)25-11-14-10-21(14,2)3/h4,6,8,14,16,22H,5,7,9-12H2,1-3H3,(H,23,24)(H,25,29)/t14?,16-/m0/s1. The maximum absolute atomic E-state index is 12.7. The fourth-order valence-electron chi connectivity index (χ4n) is 3.80. The summed E-state index contributed by atoms with van der Waals surface area (Å²) in [5.41, 5.74) is 0.501. The van der Waals surface area contributed by atoms with Crippen LogP contribution in [0.2, 0.25) is 0 Å². The molecule has 0 spiro atoms. The molecule has 3 rings (SSSR count). The summed E-state index contributed by atoms with van der Waals surface area (Å²) in [5, 5.41) is 13.8. The molecule has 1 saturated carbocycles. The Morgan fingerprint density at radius 1 is 1.34 bits per heavy atom. The lowest BCUT2D eigenvalue weighted by Crippen LogP contribution is -2.48. The molecule has 1 aliphatic carbocycles. The van der Waals surface area contributed by atoms with Gasteiger partial charge in [-0.15, -0.1) is 0 Å². The average molecular weight is 399 g/mol. The number of hydrogen-bond donors (Lipinski definition) is 3. The molecule has 8 heteroatoms. The molecule has 1 saturated heterocycles. The van der Waals surface area contributed by atoms with Crippen molar-refractivity contribution in [2.45, 2.75) is 46.1 Å². The van der Waals surface area contributed by atoms with Crippen LogP contribution in [0.4, 0.5) is 5.82 Å². The number of carbonyl (C=O) groups is 3. The minimum atomic E-state index is -0.440. The molecular weight excluding hydrogens is 370 g/mol. The van der Waals surface area contributed by atoms with Crippen LogP contribution in [-0.4, -0.2) is 58.9 Å². The molecule has 1 unspecified atom stereocenters. The molecular formula is C21H29N5O3. The number of pyridine rings is 1. The van der Waals surface area contributed by atoms with Crippen LogP contribution in [0.5, 0.6) is 0 Å². The Kier molecular flexibility index (Phi) is 6.00. The van der Waals surface area contributed by atoms with Gasteiger partial charge in [-0.05, 0) is 42.7 Å². The van der Waals surface area contributed by atoms with Gasteiger partial charge in [-0.25, -0.2) is 4.98 Å². The third-order valence-corrected chi connectivity index (χ3v) is 5.95. The van der Waals surface area contributed by atoms with Gasteiger partial charge in [0.1, 0.15) is 17.6 Å². The summed E-state index contributed by atoms with van der Waals surface area (Å²) < 4.78 is 0. The van der Waals surface area contributed by atoms with Crippen molar-refractivity contribution in [2.24, 2.45) is 11.3 Å². The van der Waals surface area contributed by atoms with E-state index in [2.05, 4.69) is 29.5 Å². The maximum Gasteiger partial charge on any atom is 0.242 e. The van der Waals surface area contributed by atoms with Crippen molar-refractivity contribution in [3.05, 3.63) is 23.9 Å². The Labute approximate surface area is 171 Å². The summed E-state index contributed by atoms with van der Waals surface area (Å²) >= 11 is 0. The van der Waals surface area contributed by atoms with Gasteiger partial charge in [-0.1, -0.05) is 13.8 Å². The van der Waals surface area contributed by atoms with Gasteiger partial charge in [-0.2, -0.15) is 0 Å². The largest absolute Gasteiger partial charge is 0.360 e. The quantitative estimate of drug-likeness (QED) is 0.575. The normalized spacial score (nSPS) is 22.1. The van der Waals surface area contributed by atoms with Crippen LogP contribution in [-0.2, 0) is 14.4 Å². The number of carbonyl (C=O) groups excluding carboxylic acids is 3. The van der Waals surface area contributed by atoms with E-state index in [0.717, 1.165) is 12.8 Å². The highest BCUT2D eigenvalue weighted by Gasteiger charge is 2.45. The number of anilines is 1. The summed E-state index contributed by atoms with van der Waals surface area (Å²) in [6, 6.07) is 2.82. The maximum atomic E-state index is 12.7.